The molecule has 2 atom stereocenters. The van der Waals surface area contributed by atoms with Gasteiger partial charge in [0.25, 0.3) is 0 Å². The second-order valence-electron chi connectivity index (χ2n) is 5.41. The van der Waals surface area contributed by atoms with Crippen molar-refractivity contribution < 1.29 is 17.9 Å². The molecule has 1 aliphatic heterocycles. The zero-order valence-electron chi connectivity index (χ0n) is 12.1. The maximum absolute atomic E-state index is 12.9. The first kappa shape index (κ1) is 16.1. The van der Waals surface area contributed by atoms with E-state index in [4.69, 9.17) is 10.5 Å². The summed E-state index contributed by atoms with van der Waals surface area (Å²) in [6, 6.07) is 5.00. The summed E-state index contributed by atoms with van der Waals surface area (Å²) >= 11 is 0. The predicted octanol–water partition coefficient (Wildman–Crippen LogP) is 2.75. The Morgan fingerprint density at radius 2 is 2.10 bits per heavy atom. The lowest BCUT2D eigenvalue weighted by molar-refractivity contribution is -0.139. The van der Waals surface area contributed by atoms with Crippen LogP contribution >= 0.6 is 0 Å². The van der Waals surface area contributed by atoms with Crippen molar-refractivity contribution in [2.24, 2.45) is 11.7 Å². The summed E-state index contributed by atoms with van der Waals surface area (Å²) in [5.41, 5.74) is 5.32. The van der Waals surface area contributed by atoms with E-state index in [1.807, 2.05) is 0 Å². The van der Waals surface area contributed by atoms with Gasteiger partial charge in [-0.15, -0.1) is 0 Å². The SMILES string of the molecule is CCN1CCC(C(N)COc2ccccc2C(F)(F)F)C1. The molecule has 1 aliphatic rings. The normalized spacial score (nSPS) is 21.5. The van der Waals surface area contributed by atoms with Crippen molar-refractivity contribution in [3.63, 3.8) is 0 Å². The highest BCUT2D eigenvalue weighted by Gasteiger charge is 2.34. The number of hydrogen-bond donors (Lipinski definition) is 1. The van der Waals surface area contributed by atoms with Crippen LogP contribution in [-0.4, -0.2) is 37.2 Å². The Balaban J connectivity index is 1.94. The van der Waals surface area contributed by atoms with Crippen molar-refractivity contribution in [3.05, 3.63) is 29.8 Å². The molecule has 0 bridgehead atoms. The van der Waals surface area contributed by atoms with Gasteiger partial charge in [-0.2, -0.15) is 13.2 Å². The molecule has 0 amide bonds. The standard InChI is InChI=1S/C15H21F3N2O/c1-2-20-8-7-11(9-20)13(19)10-21-14-6-4-3-5-12(14)15(16,17)18/h3-6,11,13H,2,7-10,19H2,1H3. The number of nitrogens with zero attached hydrogens (tertiary/aromatic N) is 1. The number of para-hydroxylation sites is 1. The van der Waals surface area contributed by atoms with Crippen LogP contribution in [0.4, 0.5) is 13.2 Å². The zero-order valence-corrected chi connectivity index (χ0v) is 12.1. The molecular weight excluding hydrogens is 281 g/mol. The third kappa shape index (κ3) is 4.11. The van der Waals surface area contributed by atoms with Crippen LogP contribution < -0.4 is 10.5 Å². The van der Waals surface area contributed by atoms with Crippen molar-refractivity contribution >= 4 is 0 Å². The van der Waals surface area contributed by atoms with E-state index in [-0.39, 0.29) is 24.3 Å². The van der Waals surface area contributed by atoms with Crippen LogP contribution in [0.2, 0.25) is 0 Å². The van der Waals surface area contributed by atoms with Gasteiger partial charge >= 0.3 is 6.18 Å². The molecule has 2 unspecified atom stereocenters. The highest BCUT2D eigenvalue weighted by atomic mass is 19.4. The van der Waals surface area contributed by atoms with Crippen LogP contribution in [0.1, 0.15) is 18.9 Å². The quantitative estimate of drug-likeness (QED) is 0.909. The largest absolute Gasteiger partial charge is 0.491 e. The lowest BCUT2D eigenvalue weighted by Crippen LogP contribution is -2.37. The van der Waals surface area contributed by atoms with Gasteiger partial charge in [0.15, 0.2) is 0 Å². The van der Waals surface area contributed by atoms with Crippen molar-refractivity contribution in [1.29, 1.82) is 0 Å². The van der Waals surface area contributed by atoms with Crippen molar-refractivity contribution in [2.75, 3.05) is 26.2 Å². The van der Waals surface area contributed by atoms with Gasteiger partial charge in [0.05, 0.1) is 5.56 Å². The highest BCUT2D eigenvalue weighted by Crippen LogP contribution is 2.36. The van der Waals surface area contributed by atoms with Crippen LogP contribution in [0.3, 0.4) is 0 Å². The number of nitrogens with two attached hydrogens (primary N) is 1. The van der Waals surface area contributed by atoms with Crippen LogP contribution in [0.5, 0.6) is 5.75 Å². The molecule has 0 spiro atoms. The van der Waals surface area contributed by atoms with E-state index in [1.165, 1.54) is 18.2 Å². The molecule has 0 saturated carbocycles. The van der Waals surface area contributed by atoms with Crippen molar-refractivity contribution in [2.45, 2.75) is 25.6 Å². The van der Waals surface area contributed by atoms with E-state index in [0.29, 0.717) is 0 Å². The summed E-state index contributed by atoms with van der Waals surface area (Å²) in [5.74, 6) is 0.133. The summed E-state index contributed by atoms with van der Waals surface area (Å²) in [6.07, 6.45) is -3.44. The van der Waals surface area contributed by atoms with Gasteiger partial charge in [0.2, 0.25) is 0 Å². The Morgan fingerprint density at radius 3 is 2.71 bits per heavy atom. The average molecular weight is 302 g/mol. The molecule has 1 saturated heterocycles. The molecule has 3 nitrogen and oxygen atoms in total. The first-order chi connectivity index (χ1) is 9.91. The van der Waals surface area contributed by atoms with Crippen LogP contribution in [0.15, 0.2) is 24.3 Å². The van der Waals surface area contributed by atoms with E-state index in [2.05, 4.69) is 11.8 Å². The molecule has 21 heavy (non-hydrogen) atoms. The third-order valence-electron chi connectivity index (χ3n) is 3.99. The van der Waals surface area contributed by atoms with E-state index in [9.17, 15) is 13.2 Å². The fourth-order valence-corrected chi connectivity index (χ4v) is 2.65. The minimum atomic E-state index is -4.41. The maximum atomic E-state index is 12.9. The Hall–Kier alpha value is -1.27. The lowest BCUT2D eigenvalue weighted by atomic mass is 10.0. The summed E-state index contributed by atoms with van der Waals surface area (Å²) in [4.78, 5) is 2.29. The number of ether oxygens (including phenoxy) is 1. The summed E-state index contributed by atoms with van der Waals surface area (Å²) in [7, 11) is 0. The molecule has 1 aromatic rings. The smallest absolute Gasteiger partial charge is 0.419 e. The van der Waals surface area contributed by atoms with E-state index in [0.717, 1.165) is 32.1 Å². The Bertz CT molecular complexity index is 464. The minimum Gasteiger partial charge on any atom is -0.491 e. The second-order valence-corrected chi connectivity index (χ2v) is 5.41. The lowest BCUT2D eigenvalue weighted by Gasteiger charge is -2.21. The Morgan fingerprint density at radius 1 is 1.38 bits per heavy atom. The molecule has 6 heteroatoms. The molecule has 0 radical (unpaired) electrons. The van der Waals surface area contributed by atoms with Crippen LogP contribution in [0, 0.1) is 5.92 Å². The molecule has 1 fully saturated rings. The first-order valence-corrected chi connectivity index (χ1v) is 7.18. The summed E-state index contributed by atoms with van der Waals surface area (Å²) in [5, 5.41) is 0. The van der Waals surface area contributed by atoms with Gasteiger partial charge in [0, 0.05) is 12.6 Å². The van der Waals surface area contributed by atoms with Gasteiger partial charge in [0.1, 0.15) is 12.4 Å². The topological polar surface area (TPSA) is 38.5 Å². The monoisotopic (exact) mass is 302 g/mol. The van der Waals surface area contributed by atoms with Crippen LogP contribution in [-0.2, 0) is 6.18 Å². The summed E-state index contributed by atoms with van der Waals surface area (Å²) < 4.78 is 43.9. The number of benzene rings is 1. The molecule has 2 rings (SSSR count). The molecule has 1 aromatic carbocycles. The highest BCUT2D eigenvalue weighted by molar-refractivity contribution is 5.35. The molecule has 118 valence electrons. The maximum Gasteiger partial charge on any atom is 0.419 e. The average Bonchev–Trinajstić information content (AvgIpc) is 2.93. The Labute approximate surface area is 122 Å². The first-order valence-electron chi connectivity index (χ1n) is 7.18. The fourth-order valence-electron chi connectivity index (χ4n) is 2.65. The predicted molar refractivity (Wildman–Crippen MR) is 75.1 cm³/mol. The van der Waals surface area contributed by atoms with Crippen LogP contribution in [0.25, 0.3) is 0 Å². The van der Waals surface area contributed by atoms with E-state index < -0.39 is 11.7 Å². The van der Waals surface area contributed by atoms with E-state index >= 15 is 0 Å². The second kappa shape index (κ2) is 6.66. The number of halogens is 3. The number of likely N-dealkylation sites (tertiary alicyclic amines) is 1. The van der Waals surface area contributed by atoms with Gasteiger partial charge in [-0.1, -0.05) is 19.1 Å². The molecule has 0 aromatic heterocycles. The van der Waals surface area contributed by atoms with Gasteiger partial charge < -0.3 is 15.4 Å². The molecular formula is C15H21F3N2O. The molecule has 0 aliphatic carbocycles. The Kier molecular flexibility index (Phi) is 5.11. The number of alkyl halides is 3. The van der Waals surface area contributed by atoms with Gasteiger partial charge in [-0.3, -0.25) is 0 Å². The number of hydrogen-bond acceptors (Lipinski definition) is 3. The van der Waals surface area contributed by atoms with Gasteiger partial charge in [-0.05, 0) is 37.6 Å². The van der Waals surface area contributed by atoms with Gasteiger partial charge in [-0.25, -0.2) is 0 Å². The van der Waals surface area contributed by atoms with Crippen molar-refractivity contribution in [3.8, 4) is 5.75 Å². The zero-order chi connectivity index (χ0) is 15.5. The molecule has 1 heterocycles. The summed E-state index contributed by atoms with van der Waals surface area (Å²) in [6.45, 7) is 5.05. The minimum absolute atomic E-state index is 0.106. The molecule has 2 N–H and O–H groups in total. The van der Waals surface area contributed by atoms with E-state index in [1.54, 1.807) is 0 Å². The third-order valence-corrected chi connectivity index (χ3v) is 3.99. The van der Waals surface area contributed by atoms with Crippen molar-refractivity contribution in [1.82, 2.24) is 4.90 Å². The number of rotatable bonds is 5. The fraction of sp³-hybridized carbons (Fsp3) is 0.600.